The van der Waals surface area contributed by atoms with Crippen LogP contribution >= 0.6 is 7.82 Å². The summed E-state index contributed by atoms with van der Waals surface area (Å²) >= 11 is 0. The molecule has 6 unspecified atom stereocenters. The Balaban J connectivity index is 2.33. The van der Waals surface area contributed by atoms with E-state index in [1.165, 1.54) is 70.6 Å². The highest BCUT2D eigenvalue weighted by Crippen LogP contribution is 2.47. The number of aliphatic hydroxyl groups is 5. The highest BCUT2D eigenvalue weighted by atomic mass is 31.2. The fourth-order valence-electron chi connectivity index (χ4n) is 5.67. The first-order valence-corrected chi connectivity index (χ1v) is 20.5. The minimum absolute atomic E-state index is 0.0957. The van der Waals surface area contributed by atoms with Gasteiger partial charge in [-0.05, 0) is 38.5 Å². The zero-order chi connectivity index (χ0) is 37.2. The molecule has 0 spiro atoms. The summed E-state index contributed by atoms with van der Waals surface area (Å²) < 4.78 is 32.9. The van der Waals surface area contributed by atoms with Gasteiger partial charge in [0.2, 0.25) is 0 Å². The van der Waals surface area contributed by atoms with Crippen molar-refractivity contribution in [3.05, 3.63) is 12.2 Å². The highest BCUT2D eigenvalue weighted by molar-refractivity contribution is 7.47. The minimum atomic E-state index is -5.09. The Bertz CT molecular complexity index is 948. The van der Waals surface area contributed by atoms with E-state index in [0.29, 0.717) is 12.8 Å². The van der Waals surface area contributed by atoms with Crippen molar-refractivity contribution in [1.29, 1.82) is 0 Å². The van der Waals surface area contributed by atoms with Crippen LogP contribution in [0, 0.1) is 0 Å². The molecule has 6 N–H and O–H groups in total. The molecule has 1 rings (SSSR count). The van der Waals surface area contributed by atoms with Gasteiger partial charge in [-0.1, -0.05) is 109 Å². The molecule has 294 valence electrons. The molecule has 0 amide bonds. The van der Waals surface area contributed by atoms with Gasteiger partial charge < -0.3 is 39.9 Å². The number of esters is 2. The van der Waals surface area contributed by atoms with Crippen molar-refractivity contribution in [3.8, 4) is 0 Å². The molecule has 0 radical (unpaired) electrons. The van der Waals surface area contributed by atoms with Gasteiger partial charge >= 0.3 is 19.8 Å². The summed E-state index contributed by atoms with van der Waals surface area (Å²) in [5.41, 5.74) is 0. The summed E-state index contributed by atoms with van der Waals surface area (Å²) in [4.78, 5) is 34.8. The largest absolute Gasteiger partial charge is 0.472 e. The number of hydrogen-bond acceptors (Lipinski definition) is 12. The summed E-state index contributed by atoms with van der Waals surface area (Å²) in [6.07, 6.45) is 13.0. The van der Waals surface area contributed by atoms with E-state index in [2.05, 4.69) is 19.1 Å². The fraction of sp³-hybridized carbons (Fsp3) is 0.889. The Morgan fingerprint density at radius 2 is 1.04 bits per heavy atom. The molecule has 0 aromatic carbocycles. The molecule has 1 aliphatic rings. The normalized spacial score (nSPS) is 24.2. The Morgan fingerprint density at radius 1 is 0.600 bits per heavy atom. The van der Waals surface area contributed by atoms with E-state index in [4.69, 9.17) is 18.5 Å². The molecule has 1 fully saturated rings. The maximum Gasteiger partial charge on any atom is 0.472 e. The van der Waals surface area contributed by atoms with E-state index in [9.17, 15) is 44.6 Å². The number of hydrogen-bond donors (Lipinski definition) is 6. The Hall–Kier alpha value is -1.41. The minimum Gasteiger partial charge on any atom is -0.462 e. The van der Waals surface area contributed by atoms with Gasteiger partial charge in [0, 0.05) is 12.8 Å². The fourth-order valence-corrected chi connectivity index (χ4v) is 6.64. The Kier molecular flexibility index (Phi) is 26.2. The lowest BCUT2D eigenvalue weighted by atomic mass is 9.85. The molecule has 0 aliphatic heterocycles. The molecule has 0 saturated heterocycles. The lowest BCUT2D eigenvalue weighted by molar-refractivity contribution is -0.220. The lowest BCUT2D eigenvalue weighted by Gasteiger charge is -2.41. The van der Waals surface area contributed by atoms with Crippen LogP contribution in [0.3, 0.4) is 0 Å². The van der Waals surface area contributed by atoms with Gasteiger partial charge in [0.1, 0.15) is 43.2 Å². The molecule has 1 saturated carbocycles. The maximum absolute atomic E-state index is 12.6. The third kappa shape index (κ3) is 21.2. The van der Waals surface area contributed by atoms with E-state index in [-0.39, 0.29) is 12.8 Å². The van der Waals surface area contributed by atoms with Gasteiger partial charge in [0.25, 0.3) is 0 Å². The van der Waals surface area contributed by atoms with Gasteiger partial charge in [-0.25, -0.2) is 4.57 Å². The van der Waals surface area contributed by atoms with Crippen LogP contribution in [0.1, 0.15) is 149 Å². The summed E-state index contributed by atoms with van der Waals surface area (Å²) in [6.45, 7) is 2.97. The van der Waals surface area contributed by atoms with E-state index in [1.807, 2.05) is 6.92 Å². The van der Waals surface area contributed by atoms with Crippen molar-refractivity contribution in [2.75, 3.05) is 13.2 Å². The van der Waals surface area contributed by atoms with E-state index < -0.39 is 75.7 Å². The highest BCUT2D eigenvalue weighted by Gasteiger charge is 2.51. The molecule has 0 aromatic heterocycles. The van der Waals surface area contributed by atoms with Gasteiger partial charge in [-0.3, -0.25) is 18.6 Å². The number of rotatable bonds is 30. The first-order valence-electron chi connectivity index (χ1n) is 19.0. The number of ether oxygens (including phenoxy) is 2. The van der Waals surface area contributed by atoms with Crippen LogP contribution in [0.4, 0.5) is 0 Å². The molecule has 6 atom stereocenters. The maximum atomic E-state index is 12.6. The lowest BCUT2D eigenvalue weighted by Crippen LogP contribution is -2.64. The second-order valence-electron chi connectivity index (χ2n) is 13.4. The predicted octanol–water partition coefficient (Wildman–Crippen LogP) is 5.55. The van der Waals surface area contributed by atoms with Gasteiger partial charge in [0.15, 0.2) is 6.10 Å². The zero-order valence-electron chi connectivity index (χ0n) is 30.4. The summed E-state index contributed by atoms with van der Waals surface area (Å²) in [5, 5.41) is 49.6. The molecular weight excluding hydrogens is 671 g/mol. The smallest absolute Gasteiger partial charge is 0.462 e. The van der Waals surface area contributed by atoms with Crippen LogP contribution in [0.2, 0.25) is 0 Å². The molecule has 1 aliphatic carbocycles. The van der Waals surface area contributed by atoms with Crippen molar-refractivity contribution in [3.63, 3.8) is 0 Å². The second kappa shape index (κ2) is 28.1. The molecule has 0 heterocycles. The number of unbranched alkanes of at least 4 members (excludes halogenated alkanes) is 16. The number of phosphoric ester groups is 1. The predicted molar refractivity (Wildman–Crippen MR) is 189 cm³/mol. The standard InChI is InChI=1S/C36H67O13P/c1-3-5-7-8-9-10-11-12-13-14-15-16-17-18-19-20-21-22-23-25-30(38)48-28(26-46-29(37)24-6-4-2)27-47-50(44,45)49-36-34(42)32(40)31(39)33(41)35(36)43/h12-13,28,31-36,39-43H,3-11,14-27H2,1-2H3,(H,44,45)/b13-12-. The van der Waals surface area contributed by atoms with Gasteiger partial charge in [0.05, 0.1) is 6.61 Å². The molecule has 0 aromatic rings. The van der Waals surface area contributed by atoms with Crippen molar-refractivity contribution in [1.82, 2.24) is 0 Å². The average molecular weight is 739 g/mol. The Morgan fingerprint density at radius 3 is 1.56 bits per heavy atom. The Labute approximate surface area is 299 Å². The van der Waals surface area contributed by atoms with Crippen molar-refractivity contribution < 1.29 is 63.1 Å². The molecule has 50 heavy (non-hydrogen) atoms. The van der Waals surface area contributed by atoms with Crippen LogP contribution in [-0.2, 0) is 32.7 Å². The first-order chi connectivity index (χ1) is 23.9. The van der Waals surface area contributed by atoms with Crippen molar-refractivity contribution >= 4 is 19.8 Å². The number of phosphoric acid groups is 1. The average Bonchev–Trinajstić information content (AvgIpc) is 3.09. The molecular formula is C36H67O13P. The van der Waals surface area contributed by atoms with Crippen LogP contribution < -0.4 is 0 Å². The van der Waals surface area contributed by atoms with E-state index in [1.54, 1.807) is 0 Å². The number of aliphatic hydroxyl groups excluding tert-OH is 5. The first kappa shape index (κ1) is 46.6. The van der Waals surface area contributed by atoms with Crippen LogP contribution in [0.15, 0.2) is 12.2 Å². The molecule has 14 heteroatoms. The van der Waals surface area contributed by atoms with Gasteiger partial charge in [-0.15, -0.1) is 0 Å². The van der Waals surface area contributed by atoms with Crippen LogP contribution in [0.25, 0.3) is 0 Å². The SMILES string of the molecule is CCCCCCCC/C=C\CCCCCCCCCCCC(=O)OC(COC(=O)CCCC)COP(=O)(O)OC1C(O)C(O)C(O)C(O)C1O. The third-order valence-corrected chi connectivity index (χ3v) is 9.84. The van der Waals surface area contributed by atoms with Crippen LogP contribution in [-0.4, -0.2) is 98.3 Å². The van der Waals surface area contributed by atoms with Gasteiger partial charge in [-0.2, -0.15) is 0 Å². The summed E-state index contributed by atoms with van der Waals surface area (Å²) in [5.74, 6) is -1.14. The topological polar surface area (TPSA) is 210 Å². The zero-order valence-corrected chi connectivity index (χ0v) is 31.3. The van der Waals surface area contributed by atoms with Crippen molar-refractivity contribution in [2.24, 2.45) is 0 Å². The monoisotopic (exact) mass is 738 g/mol. The number of allylic oxidation sites excluding steroid dienone is 2. The van der Waals surface area contributed by atoms with Crippen LogP contribution in [0.5, 0.6) is 0 Å². The third-order valence-electron chi connectivity index (χ3n) is 8.86. The quantitative estimate of drug-likeness (QED) is 0.0231. The number of carbonyl (C=O) groups is 2. The van der Waals surface area contributed by atoms with E-state index in [0.717, 1.165) is 38.5 Å². The molecule has 13 nitrogen and oxygen atoms in total. The van der Waals surface area contributed by atoms with Crippen molar-refractivity contribution in [2.45, 2.75) is 191 Å². The second-order valence-corrected chi connectivity index (χ2v) is 14.8. The summed E-state index contributed by atoms with van der Waals surface area (Å²) in [7, 11) is -5.09. The number of carbonyl (C=O) groups excluding carboxylic acids is 2. The summed E-state index contributed by atoms with van der Waals surface area (Å²) in [6, 6.07) is 0. The van der Waals surface area contributed by atoms with E-state index >= 15 is 0 Å². The molecule has 0 bridgehead atoms.